The molecule has 2 amide bonds. The fourth-order valence-electron chi connectivity index (χ4n) is 3.30. The highest BCUT2D eigenvalue weighted by atomic mass is 16.2. The number of fused-ring (bicyclic) bond motifs is 1. The third-order valence-corrected chi connectivity index (χ3v) is 4.78. The largest absolute Gasteiger partial charge is 0.346 e. The quantitative estimate of drug-likeness (QED) is 0.804. The van der Waals surface area contributed by atoms with Crippen molar-refractivity contribution in [2.45, 2.75) is 57.5 Å². The van der Waals surface area contributed by atoms with Crippen molar-refractivity contribution in [1.82, 2.24) is 15.5 Å². The molecule has 1 saturated carbocycles. The highest BCUT2D eigenvalue weighted by Gasteiger charge is 2.34. The molecule has 1 aliphatic carbocycles. The van der Waals surface area contributed by atoms with Crippen LogP contribution in [-0.4, -0.2) is 48.9 Å². The van der Waals surface area contributed by atoms with Crippen LogP contribution in [0.15, 0.2) is 0 Å². The van der Waals surface area contributed by atoms with Crippen molar-refractivity contribution in [1.29, 1.82) is 0 Å². The van der Waals surface area contributed by atoms with Gasteiger partial charge >= 0.3 is 0 Å². The highest BCUT2D eigenvalue weighted by molar-refractivity contribution is 5.87. The molecule has 2 N–H and O–H groups in total. The molecule has 0 radical (unpaired) electrons. The second kappa shape index (κ2) is 7.07. The SMILES string of the molecule is CCN(C)C(=O)CNC(=O)C1CCC2CCCCC2N1. The molecule has 5 nitrogen and oxygen atoms in total. The Morgan fingerprint density at radius 2 is 1.95 bits per heavy atom. The zero-order chi connectivity index (χ0) is 14.5. The summed E-state index contributed by atoms with van der Waals surface area (Å²) in [5.41, 5.74) is 0. The molecule has 0 aromatic rings. The molecule has 0 bridgehead atoms. The van der Waals surface area contributed by atoms with Gasteiger partial charge in [0.05, 0.1) is 12.6 Å². The molecule has 3 atom stereocenters. The summed E-state index contributed by atoms with van der Waals surface area (Å²) >= 11 is 0. The third-order valence-electron chi connectivity index (χ3n) is 4.78. The molecule has 2 fully saturated rings. The molecule has 1 saturated heterocycles. The lowest BCUT2D eigenvalue weighted by molar-refractivity contribution is -0.132. The Hall–Kier alpha value is -1.10. The molecule has 5 heteroatoms. The Morgan fingerprint density at radius 3 is 2.70 bits per heavy atom. The summed E-state index contributed by atoms with van der Waals surface area (Å²) in [7, 11) is 1.75. The smallest absolute Gasteiger partial charge is 0.241 e. The molecule has 2 aliphatic rings. The lowest BCUT2D eigenvalue weighted by Crippen LogP contribution is -2.55. The predicted molar refractivity (Wildman–Crippen MR) is 78.2 cm³/mol. The van der Waals surface area contributed by atoms with E-state index in [1.807, 2.05) is 6.92 Å². The number of hydrogen-bond acceptors (Lipinski definition) is 3. The minimum Gasteiger partial charge on any atom is -0.346 e. The minimum absolute atomic E-state index is 0.0214. The minimum atomic E-state index is -0.117. The Bertz CT molecular complexity index is 359. The topological polar surface area (TPSA) is 61.4 Å². The van der Waals surface area contributed by atoms with Crippen LogP contribution in [0.1, 0.15) is 45.4 Å². The molecule has 3 unspecified atom stereocenters. The van der Waals surface area contributed by atoms with Crippen molar-refractivity contribution in [3.8, 4) is 0 Å². The van der Waals surface area contributed by atoms with Crippen LogP contribution in [0.25, 0.3) is 0 Å². The van der Waals surface area contributed by atoms with Gasteiger partial charge in [0.2, 0.25) is 11.8 Å². The zero-order valence-corrected chi connectivity index (χ0v) is 12.7. The van der Waals surface area contributed by atoms with Gasteiger partial charge in [-0.25, -0.2) is 0 Å². The lowest BCUT2D eigenvalue weighted by atomic mass is 9.77. The maximum absolute atomic E-state index is 12.1. The van der Waals surface area contributed by atoms with Gasteiger partial charge in [0.1, 0.15) is 0 Å². The van der Waals surface area contributed by atoms with Crippen LogP contribution >= 0.6 is 0 Å². The van der Waals surface area contributed by atoms with Crippen LogP contribution in [-0.2, 0) is 9.59 Å². The predicted octanol–water partition coefficient (Wildman–Crippen LogP) is 0.892. The average Bonchev–Trinajstić information content (AvgIpc) is 2.50. The maximum atomic E-state index is 12.1. The van der Waals surface area contributed by atoms with Gasteiger partial charge in [0.25, 0.3) is 0 Å². The molecule has 0 aromatic carbocycles. The first-order valence-electron chi connectivity index (χ1n) is 7.89. The summed E-state index contributed by atoms with van der Waals surface area (Å²) < 4.78 is 0. The molecule has 1 heterocycles. The third kappa shape index (κ3) is 3.72. The first kappa shape index (κ1) is 15.3. The summed E-state index contributed by atoms with van der Waals surface area (Å²) in [5.74, 6) is 0.694. The summed E-state index contributed by atoms with van der Waals surface area (Å²) in [5, 5.41) is 6.26. The Morgan fingerprint density at radius 1 is 1.20 bits per heavy atom. The summed E-state index contributed by atoms with van der Waals surface area (Å²) in [6, 6.07) is 0.386. The first-order chi connectivity index (χ1) is 9.61. The number of nitrogens with zero attached hydrogens (tertiary/aromatic N) is 1. The van der Waals surface area contributed by atoms with E-state index in [1.165, 1.54) is 25.7 Å². The monoisotopic (exact) mass is 281 g/mol. The molecule has 2 rings (SSSR count). The molecular formula is C15H27N3O2. The maximum Gasteiger partial charge on any atom is 0.241 e. The zero-order valence-electron chi connectivity index (χ0n) is 12.7. The molecule has 0 aromatic heterocycles. The van der Waals surface area contributed by atoms with E-state index in [9.17, 15) is 9.59 Å². The van der Waals surface area contributed by atoms with Crippen molar-refractivity contribution >= 4 is 11.8 Å². The Balaban J connectivity index is 1.77. The van der Waals surface area contributed by atoms with Crippen molar-refractivity contribution in [3.05, 3.63) is 0 Å². The number of rotatable bonds is 4. The van der Waals surface area contributed by atoms with Gasteiger partial charge in [-0.1, -0.05) is 12.8 Å². The average molecular weight is 281 g/mol. The van der Waals surface area contributed by atoms with E-state index in [4.69, 9.17) is 0 Å². The number of carbonyl (C=O) groups is 2. The van der Waals surface area contributed by atoms with Crippen molar-refractivity contribution < 1.29 is 9.59 Å². The van der Waals surface area contributed by atoms with Crippen molar-refractivity contribution in [2.75, 3.05) is 20.1 Å². The van der Waals surface area contributed by atoms with E-state index in [2.05, 4.69) is 10.6 Å². The van der Waals surface area contributed by atoms with E-state index < -0.39 is 0 Å². The van der Waals surface area contributed by atoms with Gasteiger partial charge in [-0.05, 0) is 38.5 Å². The normalized spacial score (nSPS) is 29.4. The second-order valence-electron chi connectivity index (χ2n) is 6.07. The molecule has 20 heavy (non-hydrogen) atoms. The van der Waals surface area contributed by atoms with Gasteiger partial charge < -0.3 is 15.5 Å². The second-order valence-corrected chi connectivity index (χ2v) is 6.07. The van der Waals surface area contributed by atoms with E-state index in [-0.39, 0.29) is 24.4 Å². The van der Waals surface area contributed by atoms with Crippen LogP contribution < -0.4 is 10.6 Å². The van der Waals surface area contributed by atoms with Gasteiger partial charge in [0, 0.05) is 19.6 Å². The number of hydrogen-bond donors (Lipinski definition) is 2. The highest BCUT2D eigenvalue weighted by Crippen LogP contribution is 2.32. The van der Waals surface area contributed by atoms with E-state index in [1.54, 1.807) is 11.9 Å². The fraction of sp³-hybridized carbons (Fsp3) is 0.867. The van der Waals surface area contributed by atoms with Crippen LogP contribution in [0, 0.1) is 5.92 Å². The lowest BCUT2D eigenvalue weighted by Gasteiger charge is -2.39. The first-order valence-corrected chi connectivity index (χ1v) is 7.89. The number of carbonyl (C=O) groups excluding carboxylic acids is 2. The molecule has 114 valence electrons. The summed E-state index contributed by atoms with van der Waals surface area (Å²) in [6.45, 7) is 2.70. The van der Waals surface area contributed by atoms with E-state index in [0.717, 1.165) is 18.8 Å². The number of amides is 2. The van der Waals surface area contributed by atoms with Crippen LogP contribution in [0.5, 0.6) is 0 Å². The number of likely N-dealkylation sites (N-methyl/N-ethyl adjacent to an activating group) is 1. The van der Waals surface area contributed by atoms with Gasteiger partial charge in [0.15, 0.2) is 0 Å². The standard InChI is InChI=1S/C15H27N3O2/c1-3-18(2)14(19)10-16-15(20)13-9-8-11-6-4-5-7-12(11)17-13/h11-13,17H,3-10H2,1-2H3,(H,16,20). The molecule has 1 aliphatic heterocycles. The van der Waals surface area contributed by atoms with Crippen LogP contribution in [0.3, 0.4) is 0 Å². The van der Waals surface area contributed by atoms with Gasteiger partial charge in [-0.3, -0.25) is 9.59 Å². The van der Waals surface area contributed by atoms with E-state index in [0.29, 0.717) is 12.6 Å². The van der Waals surface area contributed by atoms with E-state index >= 15 is 0 Å². The summed E-state index contributed by atoms with van der Waals surface area (Å²) in [4.78, 5) is 25.4. The molecular weight excluding hydrogens is 254 g/mol. The van der Waals surface area contributed by atoms with Gasteiger partial charge in [-0.2, -0.15) is 0 Å². The Labute approximate surface area is 121 Å². The fourth-order valence-corrected chi connectivity index (χ4v) is 3.30. The number of nitrogens with one attached hydrogen (secondary N) is 2. The Kier molecular flexibility index (Phi) is 5.40. The number of piperidine rings is 1. The van der Waals surface area contributed by atoms with Crippen LogP contribution in [0.2, 0.25) is 0 Å². The van der Waals surface area contributed by atoms with Crippen molar-refractivity contribution in [3.63, 3.8) is 0 Å². The van der Waals surface area contributed by atoms with Crippen molar-refractivity contribution in [2.24, 2.45) is 5.92 Å². The molecule has 0 spiro atoms. The van der Waals surface area contributed by atoms with Crippen LogP contribution in [0.4, 0.5) is 0 Å². The summed E-state index contributed by atoms with van der Waals surface area (Å²) in [6.07, 6.45) is 7.11. The van der Waals surface area contributed by atoms with Gasteiger partial charge in [-0.15, -0.1) is 0 Å².